The smallest absolute Gasteiger partial charge is 0.408 e. The van der Waals surface area contributed by atoms with Crippen molar-refractivity contribution in [1.82, 2.24) is 15.5 Å². The summed E-state index contributed by atoms with van der Waals surface area (Å²) in [7, 11) is 0. The first-order valence-corrected chi connectivity index (χ1v) is 11.4. The molecule has 2 aromatic carbocycles. The number of morpholine rings is 1. The molecule has 1 fully saturated rings. The van der Waals surface area contributed by atoms with Crippen molar-refractivity contribution in [2.75, 3.05) is 39.4 Å². The Kier molecular flexibility index (Phi) is 8.47. The monoisotopic (exact) mass is 441 g/mol. The van der Waals surface area contributed by atoms with Crippen LogP contribution < -0.4 is 10.6 Å². The third-order valence-corrected chi connectivity index (χ3v) is 5.37. The Morgan fingerprint density at radius 1 is 1.09 bits per heavy atom. The van der Waals surface area contributed by atoms with Crippen molar-refractivity contribution in [3.05, 3.63) is 48.0 Å². The summed E-state index contributed by atoms with van der Waals surface area (Å²) in [5.41, 5.74) is 0.371. The molecule has 0 saturated carbocycles. The maximum absolute atomic E-state index is 13.0. The lowest BCUT2D eigenvalue weighted by atomic mass is 9.98. The second-order valence-electron chi connectivity index (χ2n) is 9.14. The first-order chi connectivity index (χ1) is 15.3. The predicted molar refractivity (Wildman–Crippen MR) is 126 cm³/mol. The van der Waals surface area contributed by atoms with Gasteiger partial charge in [-0.1, -0.05) is 42.5 Å². The van der Waals surface area contributed by atoms with E-state index in [0.29, 0.717) is 13.0 Å². The maximum Gasteiger partial charge on any atom is 0.408 e. The van der Waals surface area contributed by atoms with E-state index in [9.17, 15) is 9.59 Å². The van der Waals surface area contributed by atoms with Crippen LogP contribution in [-0.2, 0) is 20.7 Å². The average molecular weight is 442 g/mol. The fourth-order valence-electron chi connectivity index (χ4n) is 3.81. The summed E-state index contributed by atoms with van der Waals surface area (Å²) < 4.78 is 10.8. The molecular weight excluding hydrogens is 406 g/mol. The molecule has 3 rings (SSSR count). The molecule has 2 amide bonds. The lowest BCUT2D eigenvalue weighted by molar-refractivity contribution is -0.123. The molecule has 0 radical (unpaired) electrons. The van der Waals surface area contributed by atoms with Crippen LogP contribution in [0.15, 0.2) is 42.5 Å². The average Bonchev–Trinajstić information content (AvgIpc) is 2.76. The Labute approximate surface area is 190 Å². The molecule has 0 unspecified atom stereocenters. The van der Waals surface area contributed by atoms with Crippen LogP contribution in [0, 0.1) is 0 Å². The number of hydrogen-bond acceptors (Lipinski definition) is 5. The number of benzene rings is 2. The molecule has 1 atom stereocenters. The van der Waals surface area contributed by atoms with Gasteiger partial charge in [-0.05, 0) is 50.1 Å². The minimum absolute atomic E-state index is 0.203. The number of carbonyl (C=O) groups excluding carboxylic acids is 2. The van der Waals surface area contributed by atoms with Gasteiger partial charge in [0.05, 0.1) is 13.2 Å². The van der Waals surface area contributed by atoms with Gasteiger partial charge < -0.3 is 20.1 Å². The Morgan fingerprint density at radius 2 is 1.81 bits per heavy atom. The zero-order chi connectivity index (χ0) is 23.0. The van der Waals surface area contributed by atoms with Crippen LogP contribution in [0.25, 0.3) is 10.8 Å². The van der Waals surface area contributed by atoms with E-state index in [1.54, 1.807) is 20.8 Å². The lowest BCUT2D eigenvalue weighted by Crippen LogP contribution is -2.49. The van der Waals surface area contributed by atoms with Gasteiger partial charge in [0.2, 0.25) is 5.91 Å². The van der Waals surface area contributed by atoms with Gasteiger partial charge in [0, 0.05) is 26.1 Å². The van der Waals surface area contributed by atoms with Gasteiger partial charge >= 0.3 is 6.09 Å². The number of hydrogen-bond donors (Lipinski definition) is 2. The van der Waals surface area contributed by atoms with E-state index in [-0.39, 0.29) is 5.91 Å². The molecule has 1 aliphatic rings. The van der Waals surface area contributed by atoms with E-state index in [1.165, 1.54) is 0 Å². The molecule has 1 saturated heterocycles. The molecule has 32 heavy (non-hydrogen) atoms. The van der Waals surface area contributed by atoms with Gasteiger partial charge in [0.15, 0.2) is 0 Å². The predicted octanol–water partition coefficient (Wildman–Crippen LogP) is 3.11. The Bertz CT molecular complexity index is 898. The molecular formula is C25H35N3O4. The van der Waals surface area contributed by atoms with Gasteiger partial charge in [-0.2, -0.15) is 0 Å². The minimum atomic E-state index is -0.723. The Morgan fingerprint density at radius 3 is 2.56 bits per heavy atom. The van der Waals surface area contributed by atoms with E-state index >= 15 is 0 Å². The lowest BCUT2D eigenvalue weighted by Gasteiger charge is -2.26. The Balaban J connectivity index is 1.64. The molecule has 7 nitrogen and oxygen atoms in total. The highest BCUT2D eigenvalue weighted by atomic mass is 16.6. The first-order valence-electron chi connectivity index (χ1n) is 11.4. The molecule has 174 valence electrons. The first kappa shape index (κ1) is 24.0. The van der Waals surface area contributed by atoms with Crippen LogP contribution in [-0.4, -0.2) is 67.9 Å². The number of amides is 2. The number of nitrogens with one attached hydrogen (secondary N) is 2. The quantitative estimate of drug-likeness (QED) is 0.616. The summed E-state index contributed by atoms with van der Waals surface area (Å²) in [6, 6.07) is 13.3. The zero-order valence-electron chi connectivity index (χ0n) is 19.4. The van der Waals surface area contributed by atoms with Gasteiger partial charge in [-0.3, -0.25) is 9.69 Å². The summed E-state index contributed by atoms with van der Waals surface area (Å²) in [5.74, 6) is -0.203. The molecule has 2 N–H and O–H groups in total. The van der Waals surface area contributed by atoms with Gasteiger partial charge in [0.1, 0.15) is 11.6 Å². The van der Waals surface area contributed by atoms with Crippen LogP contribution in [0.3, 0.4) is 0 Å². The fourth-order valence-corrected chi connectivity index (χ4v) is 3.81. The summed E-state index contributed by atoms with van der Waals surface area (Å²) in [6.07, 6.45) is 0.640. The number of nitrogens with zero attached hydrogens (tertiary/aromatic N) is 1. The van der Waals surface area contributed by atoms with Crippen LogP contribution in [0.5, 0.6) is 0 Å². The SMILES string of the molecule is CC(C)(C)OC(=O)N[C@@H](Cc1cccc2ccccc12)C(=O)NCCCN1CCOCC1. The summed E-state index contributed by atoms with van der Waals surface area (Å²) in [4.78, 5) is 27.8. The highest BCUT2D eigenvalue weighted by Gasteiger charge is 2.25. The van der Waals surface area contributed by atoms with Gasteiger partial charge in [-0.15, -0.1) is 0 Å². The Hall–Kier alpha value is -2.64. The minimum Gasteiger partial charge on any atom is -0.444 e. The maximum atomic E-state index is 13.0. The molecule has 7 heteroatoms. The number of ether oxygens (including phenoxy) is 2. The number of carbonyl (C=O) groups is 2. The summed E-state index contributed by atoms with van der Waals surface area (Å²) in [5, 5.41) is 7.95. The van der Waals surface area contributed by atoms with E-state index in [1.807, 2.05) is 42.5 Å². The van der Waals surface area contributed by atoms with E-state index in [4.69, 9.17) is 9.47 Å². The molecule has 0 spiro atoms. The molecule has 0 bridgehead atoms. The van der Waals surface area contributed by atoms with Crippen molar-refractivity contribution in [1.29, 1.82) is 0 Å². The highest BCUT2D eigenvalue weighted by molar-refractivity contribution is 5.89. The largest absolute Gasteiger partial charge is 0.444 e. The van der Waals surface area contributed by atoms with Gasteiger partial charge in [0.25, 0.3) is 0 Å². The van der Waals surface area contributed by atoms with Gasteiger partial charge in [-0.25, -0.2) is 4.79 Å². The summed E-state index contributed by atoms with van der Waals surface area (Å²) in [6.45, 7) is 10.3. The van der Waals surface area contributed by atoms with Crippen molar-refractivity contribution < 1.29 is 19.1 Å². The fraction of sp³-hybridized carbons (Fsp3) is 0.520. The van der Waals surface area contributed by atoms with Crippen LogP contribution >= 0.6 is 0 Å². The summed E-state index contributed by atoms with van der Waals surface area (Å²) >= 11 is 0. The van der Waals surface area contributed by atoms with Crippen molar-refractivity contribution in [3.8, 4) is 0 Å². The second-order valence-corrected chi connectivity index (χ2v) is 9.14. The second kappa shape index (κ2) is 11.3. The van der Waals surface area contributed by atoms with E-state index in [0.717, 1.165) is 55.6 Å². The zero-order valence-corrected chi connectivity index (χ0v) is 19.4. The molecule has 1 heterocycles. The topological polar surface area (TPSA) is 79.9 Å². The van der Waals surface area contributed by atoms with Crippen LogP contribution in [0.1, 0.15) is 32.8 Å². The van der Waals surface area contributed by atoms with Crippen molar-refractivity contribution in [3.63, 3.8) is 0 Å². The van der Waals surface area contributed by atoms with E-state index in [2.05, 4.69) is 15.5 Å². The van der Waals surface area contributed by atoms with Crippen LogP contribution in [0.2, 0.25) is 0 Å². The van der Waals surface area contributed by atoms with Crippen molar-refractivity contribution in [2.24, 2.45) is 0 Å². The molecule has 2 aromatic rings. The standard InChI is InChI=1S/C25H35N3O4/c1-25(2,3)32-24(30)27-22(18-20-10-6-9-19-8-4-5-11-21(19)20)23(29)26-12-7-13-28-14-16-31-17-15-28/h4-6,8-11,22H,7,12-18H2,1-3H3,(H,26,29)(H,27,30)/t22-/m0/s1. The number of alkyl carbamates (subject to hydrolysis) is 1. The highest BCUT2D eigenvalue weighted by Crippen LogP contribution is 2.20. The number of rotatable bonds is 8. The molecule has 1 aliphatic heterocycles. The van der Waals surface area contributed by atoms with Crippen molar-refractivity contribution in [2.45, 2.75) is 45.3 Å². The normalized spacial score (nSPS) is 15.8. The third kappa shape index (κ3) is 7.50. The third-order valence-electron chi connectivity index (χ3n) is 5.37. The van der Waals surface area contributed by atoms with Crippen LogP contribution in [0.4, 0.5) is 4.79 Å². The number of fused-ring (bicyclic) bond motifs is 1. The van der Waals surface area contributed by atoms with Crippen molar-refractivity contribution >= 4 is 22.8 Å². The molecule has 0 aliphatic carbocycles. The van der Waals surface area contributed by atoms with E-state index < -0.39 is 17.7 Å². The molecule has 0 aromatic heterocycles.